The van der Waals surface area contributed by atoms with Crippen LogP contribution < -0.4 is 0 Å². The van der Waals surface area contributed by atoms with Gasteiger partial charge in [-0.3, -0.25) is 19.2 Å². The average molecular weight is 1420 g/mol. The maximum Gasteiger partial charge on any atom is 0.330 e. The van der Waals surface area contributed by atoms with Gasteiger partial charge in [0, 0.05) is 25.7 Å². The number of rotatable bonds is 74. The summed E-state index contributed by atoms with van der Waals surface area (Å²) in [5.41, 5.74) is 0. The molecule has 15 nitrogen and oxygen atoms in total. The van der Waals surface area contributed by atoms with Crippen LogP contribution in [0.25, 0.3) is 0 Å². The third kappa shape index (κ3) is 73.6. The Bertz CT molecular complexity index is 1900. The van der Waals surface area contributed by atoms with Crippen LogP contribution >= 0.6 is 17.2 Å². The molecule has 0 bridgehead atoms. The minimum absolute atomic E-state index is 0.183. The van der Waals surface area contributed by atoms with Crippen LogP contribution in [0, 0.1) is 0 Å². The zero-order chi connectivity index (χ0) is 71.4. The van der Waals surface area contributed by atoms with E-state index in [0.717, 1.165) is 180 Å². The minimum atomic E-state index is -2.59. The summed E-state index contributed by atoms with van der Waals surface area (Å²) < 4.78 is 44.2. The highest BCUT2D eigenvalue weighted by Crippen LogP contribution is 2.35. The molecule has 0 fully saturated rings. The molecule has 3 N–H and O–H groups in total. The van der Waals surface area contributed by atoms with Gasteiger partial charge in [0.2, 0.25) is 0 Å². The van der Waals surface area contributed by atoms with Crippen molar-refractivity contribution in [3.8, 4) is 0 Å². The molecular formula is C81H142O15P2. The Morgan fingerprint density at radius 1 is 0.276 bits per heavy atom. The van der Waals surface area contributed by atoms with Gasteiger partial charge in [-0.25, -0.2) is 0 Å². The second-order valence-corrected chi connectivity index (χ2v) is 27.8. The molecule has 0 saturated heterocycles. The van der Waals surface area contributed by atoms with Crippen molar-refractivity contribution in [2.75, 3.05) is 39.6 Å². The van der Waals surface area contributed by atoms with Gasteiger partial charge in [0.1, 0.15) is 19.3 Å². The summed E-state index contributed by atoms with van der Waals surface area (Å²) in [4.78, 5) is 73.0. The molecule has 566 valence electrons. The van der Waals surface area contributed by atoms with E-state index in [1.165, 1.54) is 77.0 Å². The molecule has 0 radical (unpaired) electrons. The molecule has 0 aromatic rings. The van der Waals surface area contributed by atoms with Crippen LogP contribution in [-0.4, -0.2) is 96.7 Å². The fraction of sp³-hybridized carbons (Fsp3) is 0.753. The van der Waals surface area contributed by atoms with Crippen LogP contribution in [0.15, 0.2) is 97.2 Å². The molecule has 98 heavy (non-hydrogen) atoms. The smallest absolute Gasteiger partial charge is 0.330 e. The van der Waals surface area contributed by atoms with Crippen molar-refractivity contribution in [2.45, 2.75) is 354 Å². The number of esters is 4. The summed E-state index contributed by atoms with van der Waals surface area (Å²) in [6.07, 6.45) is 80.0. The molecule has 0 aromatic carbocycles. The minimum Gasteiger partial charge on any atom is -0.462 e. The Balaban J connectivity index is 5.21. The first kappa shape index (κ1) is 94.4. The number of ether oxygens (including phenoxy) is 4. The van der Waals surface area contributed by atoms with Crippen molar-refractivity contribution in [1.29, 1.82) is 0 Å². The topological polar surface area (TPSA) is 203 Å². The van der Waals surface area contributed by atoms with E-state index in [-0.39, 0.29) is 52.1 Å². The van der Waals surface area contributed by atoms with Crippen LogP contribution in [0.3, 0.4) is 0 Å². The van der Waals surface area contributed by atoms with E-state index in [4.69, 9.17) is 37.0 Å². The van der Waals surface area contributed by atoms with Crippen LogP contribution in [-0.2, 0) is 56.2 Å². The van der Waals surface area contributed by atoms with Crippen molar-refractivity contribution < 1.29 is 71.1 Å². The van der Waals surface area contributed by atoms with Crippen LogP contribution in [0.1, 0.15) is 336 Å². The molecule has 0 spiro atoms. The van der Waals surface area contributed by atoms with Gasteiger partial charge in [0.25, 0.3) is 0 Å². The number of aliphatic hydroxyl groups is 1. The number of carbonyl (C=O) groups is 4. The Labute approximate surface area is 600 Å². The first-order chi connectivity index (χ1) is 48.0. The Kier molecular flexibility index (Phi) is 74.7. The molecule has 4 unspecified atom stereocenters. The van der Waals surface area contributed by atoms with Gasteiger partial charge in [-0.1, -0.05) is 253 Å². The monoisotopic (exact) mass is 1420 g/mol. The second kappa shape index (κ2) is 77.5. The lowest BCUT2D eigenvalue weighted by molar-refractivity contribution is -0.161. The van der Waals surface area contributed by atoms with E-state index >= 15 is 0 Å². The van der Waals surface area contributed by atoms with E-state index in [9.17, 15) is 34.1 Å². The highest BCUT2D eigenvalue weighted by atomic mass is 31.2. The molecule has 0 heterocycles. The molecule has 0 amide bonds. The maximum absolute atomic E-state index is 13.0. The molecule has 0 aromatic heterocycles. The molecule has 0 aliphatic carbocycles. The lowest BCUT2D eigenvalue weighted by atomic mass is 10.1. The van der Waals surface area contributed by atoms with Crippen LogP contribution in [0.4, 0.5) is 0 Å². The molecule has 0 saturated carbocycles. The Morgan fingerprint density at radius 3 is 0.745 bits per heavy atom. The van der Waals surface area contributed by atoms with E-state index in [2.05, 4.69) is 125 Å². The Morgan fingerprint density at radius 2 is 0.490 bits per heavy atom. The highest BCUT2D eigenvalue weighted by molar-refractivity contribution is 7.40. The third-order valence-electron chi connectivity index (χ3n) is 16.3. The predicted octanol–water partition coefficient (Wildman–Crippen LogP) is 23.0. The quantitative estimate of drug-likeness (QED) is 0.0170. The predicted molar refractivity (Wildman–Crippen MR) is 407 cm³/mol. The largest absolute Gasteiger partial charge is 0.462 e. The fourth-order valence-corrected chi connectivity index (χ4v) is 11.6. The summed E-state index contributed by atoms with van der Waals surface area (Å²) in [6.45, 7) is 6.79. The van der Waals surface area contributed by atoms with Gasteiger partial charge < -0.3 is 51.9 Å². The molecule has 0 aliphatic heterocycles. The van der Waals surface area contributed by atoms with Crippen molar-refractivity contribution in [3.63, 3.8) is 0 Å². The van der Waals surface area contributed by atoms with Crippen molar-refractivity contribution in [3.05, 3.63) is 97.2 Å². The number of allylic oxidation sites excluding steroid dienone is 16. The summed E-state index contributed by atoms with van der Waals surface area (Å²) in [5.74, 6) is -1.75. The Hall–Kier alpha value is -3.62. The van der Waals surface area contributed by atoms with E-state index in [1.54, 1.807) is 0 Å². The summed E-state index contributed by atoms with van der Waals surface area (Å²) in [7, 11) is -5.18. The van der Waals surface area contributed by atoms with Gasteiger partial charge in [-0.2, -0.15) is 0 Å². The number of hydrogen-bond donors (Lipinski definition) is 3. The van der Waals surface area contributed by atoms with Crippen molar-refractivity contribution >= 4 is 41.1 Å². The first-order valence-corrected chi connectivity index (χ1v) is 41.4. The van der Waals surface area contributed by atoms with Gasteiger partial charge >= 0.3 is 41.1 Å². The zero-order valence-corrected chi connectivity index (χ0v) is 64.1. The summed E-state index contributed by atoms with van der Waals surface area (Å²) >= 11 is 0. The van der Waals surface area contributed by atoms with Crippen molar-refractivity contribution in [2.24, 2.45) is 0 Å². The van der Waals surface area contributed by atoms with Crippen LogP contribution in [0.2, 0.25) is 0 Å². The number of hydrogen-bond acceptors (Lipinski definition) is 15. The molecular weight excluding hydrogens is 1270 g/mol. The molecule has 17 heteroatoms. The van der Waals surface area contributed by atoms with Gasteiger partial charge in [0.05, 0.1) is 26.4 Å². The maximum atomic E-state index is 13.0. The van der Waals surface area contributed by atoms with Gasteiger partial charge in [-0.15, -0.1) is 0 Å². The second-order valence-electron chi connectivity index (χ2n) is 25.8. The first-order valence-electron chi connectivity index (χ1n) is 39.1. The van der Waals surface area contributed by atoms with E-state index < -0.39 is 72.6 Å². The third-order valence-corrected chi connectivity index (χ3v) is 17.8. The lowest BCUT2D eigenvalue weighted by Crippen LogP contribution is -2.29. The van der Waals surface area contributed by atoms with Gasteiger partial charge in [0.15, 0.2) is 12.2 Å². The van der Waals surface area contributed by atoms with Gasteiger partial charge in [-0.05, 0) is 154 Å². The molecule has 0 rings (SSSR count). The number of aliphatic hydroxyl groups excluding tert-OH is 1. The van der Waals surface area contributed by atoms with E-state index in [0.29, 0.717) is 25.7 Å². The SMILES string of the molecule is CCCCC/C=C/C/C=C/CCCCCCCC(=O)OCC(COP(O)OCC(O)COP(O)OCC(COC(=O)CCCCCCC/C=C/C/C=C/CCCCC)OC(=O)CCCCCCC/C=C/C/C=C/CCCCC)OC(=O)CCCCCCC/C=C/C/C=C/CCCCC. The highest BCUT2D eigenvalue weighted by Gasteiger charge is 2.24. The lowest BCUT2D eigenvalue weighted by Gasteiger charge is -2.21. The molecule has 0 aliphatic rings. The van der Waals surface area contributed by atoms with Crippen molar-refractivity contribution in [1.82, 2.24) is 0 Å². The zero-order valence-electron chi connectivity index (χ0n) is 62.3. The standard InChI is InChI=1S/C81H142O15P2/c1-5-9-13-17-21-25-29-33-37-41-45-49-53-57-61-65-78(83)89-71-76(95-80(85)67-63-59-55-51-47-43-39-35-31-27-23-19-15-11-7-3)73-93-97(87)91-69-75(82)70-92-98(88)94-74-77(96-81(86)68-64-60-56-52-48-44-40-36-32-28-24-20-16-12-8-4)72-90-79(84)66-62-58-54-50-46-42-38-34-30-26-22-18-14-10-6-2/h21-28,33-40,75-77,82,87-88H,5-20,29-32,41-74H2,1-4H3/b25-21+,26-22+,27-23+,28-24+,37-33+,38-34+,39-35+,40-36+. The number of unbranched alkanes of at least 4 members (excludes halogenated alkanes) is 32. The normalized spacial score (nSPS) is 13.8. The summed E-state index contributed by atoms with van der Waals surface area (Å²) in [5, 5.41) is 10.7. The summed E-state index contributed by atoms with van der Waals surface area (Å²) in [6, 6.07) is 0. The average Bonchev–Trinajstić information content (AvgIpc) is 2.53. The molecule has 4 atom stereocenters. The van der Waals surface area contributed by atoms with Crippen LogP contribution in [0.5, 0.6) is 0 Å². The van der Waals surface area contributed by atoms with E-state index in [1.807, 2.05) is 0 Å². The fourth-order valence-electron chi connectivity index (χ4n) is 10.3. The number of carbonyl (C=O) groups excluding carboxylic acids is 4.